The molecule has 1 saturated heterocycles. The number of ether oxygens (including phenoxy) is 1. The number of rotatable bonds is 3. The lowest BCUT2D eigenvalue weighted by molar-refractivity contribution is -0.114. The molecule has 2 aromatic heterocycles. The van der Waals surface area contributed by atoms with Crippen LogP contribution < -0.4 is 15.7 Å². The number of amides is 1. The molecule has 1 amide bonds. The van der Waals surface area contributed by atoms with E-state index in [0.717, 1.165) is 4.57 Å². The van der Waals surface area contributed by atoms with E-state index in [4.69, 9.17) is 9.84 Å². The standard InChI is InChI=1S/C12H14N4O6S/c1-4(18)13-11-14-9-8(10(20)15-11)23-12(21)16(9)7-2-5(19)6(3-17)22-7/h5-7,17,19H,2-3H2,1H3,(H2,13,14,15,18,20)/t5-,6+,7?/m0/s1. The average molecular weight is 342 g/mol. The number of aromatic nitrogens is 3. The van der Waals surface area contributed by atoms with Gasteiger partial charge < -0.3 is 14.9 Å². The number of nitrogens with zero attached hydrogens (tertiary/aromatic N) is 2. The van der Waals surface area contributed by atoms with Gasteiger partial charge in [-0.2, -0.15) is 4.98 Å². The maximum absolute atomic E-state index is 12.2. The third-order valence-corrected chi connectivity index (χ3v) is 4.38. The average Bonchev–Trinajstić information content (AvgIpc) is 2.98. The number of nitrogens with one attached hydrogen (secondary N) is 2. The van der Waals surface area contributed by atoms with Crippen LogP contribution in [0.25, 0.3) is 10.3 Å². The van der Waals surface area contributed by atoms with E-state index in [9.17, 15) is 19.5 Å². The molecule has 0 saturated carbocycles. The topological polar surface area (TPSA) is 147 Å². The fourth-order valence-electron chi connectivity index (χ4n) is 2.45. The van der Waals surface area contributed by atoms with E-state index >= 15 is 0 Å². The summed E-state index contributed by atoms with van der Waals surface area (Å²) in [6, 6.07) is 0. The first-order valence-electron chi connectivity index (χ1n) is 6.78. The largest absolute Gasteiger partial charge is 0.394 e. The SMILES string of the molecule is CC(=O)Nc1nc2c(sc(=O)n2C2C[C@H](O)[C@@H](CO)O2)c(=O)[nH]1. The van der Waals surface area contributed by atoms with Crippen molar-refractivity contribution in [3.8, 4) is 0 Å². The summed E-state index contributed by atoms with van der Waals surface area (Å²) in [5, 5.41) is 21.3. The summed E-state index contributed by atoms with van der Waals surface area (Å²) in [6.45, 7) is 0.868. The quantitative estimate of drug-likeness (QED) is 0.545. The second kappa shape index (κ2) is 5.85. The summed E-state index contributed by atoms with van der Waals surface area (Å²) < 4.78 is 6.69. The third-order valence-electron chi connectivity index (χ3n) is 3.44. The molecule has 0 spiro atoms. The fraction of sp³-hybridized carbons (Fsp3) is 0.500. The highest BCUT2D eigenvalue weighted by atomic mass is 32.1. The van der Waals surface area contributed by atoms with Crippen LogP contribution in [0.1, 0.15) is 19.6 Å². The highest BCUT2D eigenvalue weighted by molar-refractivity contribution is 7.16. The molecule has 23 heavy (non-hydrogen) atoms. The van der Waals surface area contributed by atoms with Gasteiger partial charge in [0.05, 0.1) is 12.7 Å². The van der Waals surface area contributed by atoms with Gasteiger partial charge in [-0.3, -0.25) is 29.3 Å². The molecule has 0 bridgehead atoms. The van der Waals surface area contributed by atoms with Crippen LogP contribution in [0.2, 0.25) is 0 Å². The molecule has 1 aliphatic rings. The molecular formula is C12H14N4O6S. The molecule has 3 atom stereocenters. The van der Waals surface area contributed by atoms with Crippen molar-refractivity contribution in [1.82, 2.24) is 14.5 Å². The molecule has 3 heterocycles. The Morgan fingerprint density at radius 2 is 2.30 bits per heavy atom. The number of hydrogen-bond donors (Lipinski definition) is 4. The third kappa shape index (κ3) is 2.79. The number of fused-ring (bicyclic) bond motifs is 1. The summed E-state index contributed by atoms with van der Waals surface area (Å²) in [5.74, 6) is -0.511. The molecule has 10 nitrogen and oxygen atoms in total. The molecule has 0 aliphatic carbocycles. The van der Waals surface area contributed by atoms with E-state index in [1.807, 2.05) is 0 Å². The van der Waals surface area contributed by atoms with Crippen LogP contribution in [0.3, 0.4) is 0 Å². The molecule has 3 rings (SSSR count). The number of carbonyl (C=O) groups is 1. The Morgan fingerprint density at radius 1 is 1.57 bits per heavy atom. The number of aromatic amines is 1. The lowest BCUT2D eigenvalue weighted by Crippen LogP contribution is -2.25. The minimum absolute atomic E-state index is 0.0586. The van der Waals surface area contributed by atoms with Gasteiger partial charge in [-0.15, -0.1) is 0 Å². The van der Waals surface area contributed by atoms with Crippen molar-refractivity contribution in [1.29, 1.82) is 0 Å². The molecule has 11 heteroatoms. The molecule has 1 unspecified atom stereocenters. The number of aliphatic hydroxyl groups excluding tert-OH is 2. The van der Waals surface area contributed by atoms with Gasteiger partial charge in [0.15, 0.2) is 5.65 Å². The van der Waals surface area contributed by atoms with E-state index in [1.165, 1.54) is 6.92 Å². The summed E-state index contributed by atoms with van der Waals surface area (Å²) in [6.07, 6.45) is -2.49. The highest BCUT2D eigenvalue weighted by Crippen LogP contribution is 2.30. The van der Waals surface area contributed by atoms with Crippen molar-refractivity contribution in [3.63, 3.8) is 0 Å². The lowest BCUT2D eigenvalue weighted by atomic mass is 10.2. The summed E-state index contributed by atoms with van der Waals surface area (Å²) in [5.41, 5.74) is -0.500. The van der Waals surface area contributed by atoms with Gasteiger partial charge in [-0.05, 0) is 0 Å². The zero-order valence-electron chi connectivity index (χ0n) is 12.0. The predicted molar refractivity (Wildman–Crippen MR) is 80.4 cm³/mol. The molecule has 2 aromatic rings. The number of carbonyl (C=O) groups excluding carboxylic acids is 1. The number of hydrogen-bond acceptors (Lipinski definition) is 8. The van der Waals surface area contributed by atoms with Crippen molar-refractivity contribution >= 4 is 33.5 Å². The first kappa shape index (κ1) is 15.8. The van der Waals surface area contributed by atoms with Gasteiger partial charge in [-0.25, -0.2) is 0 Å². The second-order valence-corrected chi connectivity index (χ2v) is 6.06. The Morgan fingerprint density at radius 3 is 2.91 bits per heavy atom. The van der Waals surface area contributed by atoms with Crippen molar-refractivity contribution < 1.29 is 19.7 Å². The van der Waals surface area contributed by atoms with E-state index in [-0.39, 0.29) is 29.3 Å². The molecule has 0 radical (unpaired) electrons. The number of aliphatic hydroxyl groups is 2. The van der Waals surface area contributed by atoms with Crippen LogP contribution in [-0.4, -0.2) is 49.5 Å². The maximum Gasteiger partial charge on any atom is 0.311 e. The summed E-state index contributed by atoms with van der Waals surface area (Å²) in [7, 11) is 0. The maximum atomic E-state index is 12.2. The van der Waals surface area contributed by atoms with Gasteiger partial charge >= 0.3 is 4.87 Å². The van der Waals surface area contributed by atoms with Crippen LogP contribution in [0, 0.1) is 0 Å². The first-order valence-corrected chi connectivity index (χ1v) is 7.59. The van der Waals surface area contributed by atoms with Gasteiger partial charge in [-0.1, -0.05) is 11.3 Å². The van der Waals surface area contributed by atoms with Crippen molar-refractivity contribution in [2.75, 3.05) is 11.9 Å². The number of anilines is 1. The Balaban J connectivity index is 2.12. The van der Waals surface area contributed by atoms with Gasteiger partial charge in [0.1, 0.15) is 17.0 Å². The molecule has 124 valence electrons. The Kier molecular flexibility index (Phi) is 4.02. The van der Waals surface area contributed by atoms with Crippen molar-refractivity contribution in [2.24, 2.45) is 0 Å². The summed E-state index contributed by atoms with van der Waals surface area (Å²) in [4.78, 5) is 41.3. The van der Waals surface area contributed by atoms with E-state index in [0.29, 0.717) is 11.3 Å². The van der Waals surface area contributed by atoms with Crippen LogP contribution in [0.15, 0.2) is 9.59 Å². The fourth-order valence-corrected chi connectivity index (χ4v) is 3.30. The van der Waals surface area contributed by atoms with Crippen LogP contribution in [0.5, 0.6) is 0 Å². The second-order valence-electron chi connectivity index (χ2n) is 5.10. The van der Waals surface area contributed by atoms with Crippen molar-refractivity contribution in [3.05, 3.63) is 20.0 Å². The smallest absolute Gasteiger partial charge is 0.311 e. The molecular weight excluding hydrogens is 328 g/mol. The van der Waals surface area contributed by atoms with Crippen molar-refractivity contribution in [2.45, 2.75) is 31.8 Å². The molecule has 0 aromatic carbocycles. The Hall–Kier alpha value is -2.08. The molecule has 4 N–H and O–H groups in total. The van der Waals surface area contributed by atoms with Crippen LogP contribution in [0.4, 0.5) is 5.95 Å². The minimum atomic E-state index is -0.927. The summed E-state index contributed by atoms with van der Waals surface area (Å²) >= 11 is 0.694. The van der Waals surface area contributed by atoms with Crippen LogP contribution >= 0.6 is 11.3 Å². The zero-order chi connectivity index (χ0) is 16.7. The van der Waals surface area contributed by atoms with E-state index < -0.39 is 34.8 Å². The monoisotopic (exact) mass is 342 g/mol. The number of thiazole rings is 1. The molecule has 1 fully saturated rings. The molecule has 1 aliphatic heterocycles. The lowest BCUT2D eigenvalue weighted by Gasteiger charge is -2.13. The zero-order valence-corrected chi connectivity index (χ0v) is 12.8. The van der Waals surface area contributed by atoms with Crippen LogP contribution in [-0.2, 0) is 9.53 Å². The normalized spacial score (nSPS) is 24.2. The van der Waals surface area contributed by atoms with E-state index in [1.54, 1.807) is 0 Å². The highest BCUT2D eigenvalue weighted by Gasteiger charge is 2.36. The van der Waals surface area contributed by atoms with Gasteiger partial charge in [0.2, 0.25) is 11.9 Å². The number of H-pyrrole nitrogens is 1. The first-order chi connectivity index (χ1) is 10.9. The Labute approximate surface area is 132 Å². The predicted octanol–water partition coefficient (Wildman–Crippen LogP) is -1.25. The van der Waals surface area contributed by atoms with Gasteiger partial charge in [0, 0.05) is 13.3 Å². The minimum Gasteiger partial charge on any atom is -0.394 e. The van der Waals surface area contributed by atoms with Gasteiger partial charge in [0.25, 0.3) is 5.56 Å². The Bertz CT molecular complexity index is 871. The van der Waals surface area contributed by atoms with E-state index in [2.05, 4.69) is 15.3 Å².